The third kappa shape index (κ3) is 3.45. The van der Waals surface area contributed by atoms with E-state index in [2.05, 4.69) is 20.7 Å². The van der Waals surface area contributed by atoms with E-state index < -0.39 is 0 Å². The Morgan fingerprint density at radius 1 is 1.25 bits per heavy atom. The minimum absolute atomic E-state index is 0.659. The standard InChI is InChI=1S/C14H22N6/c1-19-9-12(7-16-19)10-20-11-14(17-18-20)8-15-13-5-3-2-4-6-13/h7,9,11,13,15H,2-6,8,10H2,1H3. The molecule has 1 aliphatic rings. The maximum absolute atomic E-state index is 4.23. The predicted molar refractivity (Wildman–Crippen MR) is 76.0 cm³/mol. The largest absolute Gasteiger partial charge is 0.308 e. The molecule has 2 aromatic rings. The van der Waals surface area contributed by atoms with Crippen LogP contribution in [0.3, 0.4) is 0 Å². The molecule has 0 atom stereocenters. The van der Waals surface area contributed by atoms with E-state index in [1.165, 1.54) is 32.1 Å². The first-order chi connectivity index (χ1) is 9.79. The number of aryl methyl sites for hydroxylation is 1. The van der Waals surface area contributed by atoms with Crippen LogP contribution >= 0.6 is 0 Å². The second-order valence-electron chi connectivity index (χ2n) is 5.65. The van der Waals surface area contributed by atoms with Gasteiger partial charge in [0, 0.05) is 31.4 Å². The molecule has 0 aliphatic heterocycles. The number of nitrogens with zero attached hydrogens (tertiary/aromatic N) is 5. The van der Waals surface area contributed by atoms with Crippen LogP contribution in [-0.4, -0.2) is 30.8 Å². The van der Waals surface area contributed by atoms with Crippen LogP contribution in [0, 0.1) is 0 Å². The summed E-state index contributed by atoms with van der Waals surface area (Å²) in [4.78, 5) is 0. The average Bonchev–Trinajstić information content (AvgIpc) is 3.08. The van der Waals surface area contributed by atoms with Crippen molar-refractivity contribution < 1.29 is 0 Å². The lowest BCUT2D eigenvalue weighted by molar-refractivity contribution is 0.371. The van der Waals surface area contributed by atoms with Crippen LogP contribution < -0.4 is 5.32 Å². The van der Waals surface area contributed by atoms with Gasteiger partial charge in [-0.05, 0) is 12.8 Å². The van der Waals surface area contributed by atoms with Gasteiger partial charge in [0.2, 0.25) is 0 Å². The van der Waals surface area contributed by atoms with Crippen LogP contribution in [0.2, 0.25) is 0 Å². The van der Waals surface area contributed by atoms with Crippen molar-refractivity contribution in [2.75, 3.05) is 0 Å². The molecule has 1 N–H and O–H groups in total. The van der Waals surface area contributed by atoms with Crippen molar-refractivity contribution in [3.05, 3.63) is 29.8 Å². The molecular weight excluding hydrogens is 252 g/mol. The number of rotatable bonds is 5. The van der Waals surface area contributed by atoms with E-state index >= 15 is 0 Å². The Morgan fingerprint density at radius 3 is 2.85 bits per heavy atom. The summed E-state index contributed by atoms with van der Waals surface area (Å²) in [5.74, 6) is 0. The van der Waals surface area contributed by atoms with Crippen molar-refractivity contribution in [2.24, 2.45) is 7.05 Å². The van der Waals surface area contributed by atoms with Gasteiger partial charge in [0.25, 0.3) is 0 Å². The summed E-state index contributed by atoms with van der Waals surface area (Å²) in [5.41, 5.74) is 2.16. The third-order valence-electron chi connectivity index (χ3n) is 3.87. The second kappa shape index (κ2) is 6.17. The molecule has 0 bridgehead atoms. The summed E-state index contributed by atoms with van der Waals surface area (Å²) in [6.07, 6.45) is 12.6. The number of hydrogen-bond acceptors (Lipinski definition) is 4. The fourth-order valence-electron chi connectivity index (χ4n) is 2.79. The highest BCUT2D eigenvalue weighted by Crippen LogP contribution is 2.17. The molecule has 1 saturated carbocycles. The number of aromatic nitrogens is 5. The lowest BCUT2D eigenvalue weighted by atomic mass is 9.95. The van der Waals surface area contributed by atoms with Gasteiger partial charge in [0.15, 0.2) is 0 Å². The van der Waals surface area contributed by atoms with Gasteiger partial charge in [0.05, 0.1) is 24.6 Å². The molecule has 0 aromatic carbocycles. The van der Waals surface area contributed by atoms with Crippen molar-refractivity contribution in [2.45, 2.75) is 51.2 Å². The number of hydrogen-bond donors (Lipinski definition) is 1. The maximum Gasteiger partial charge on any atom is 0.0965 e. The van der Waals surface area contributed by atoms with Gasteiger partial charge < -0.3 is 5.32 Å². The van der Waals surface area contributed by atoms with Gasteiger partial charge in [-0.1, -0.05) is 24.5 Å². The average molecular weight is 274 g/mol. The zero-order chi connectivity index (χ0) is 13.8. The first kappa shape index (κ1) is 13.3. The minimum Gasteiger partial charge on any atom is -0.308 e. The smallest absolute Gasteiger partial charge is 0.0965 e. The highest BCUT2D eigenvalue weighted by Gasteiger charge is 2.13. The zero-order valence-corrected chi connectivity index (χ0v) is 12.0. The van der Waals surface area contributed by atoms with Crippen LogP contribution in [0.5, 0.6) is 0 Å². The topological polar surface area (TPSA) is 60.6 Å². The zero-order valence-electron chi connectivity index (χ0n) is 12.0. The monoisotopic (exact) mass is 274 g/mol. The van der Waals surface area contributed by atoms with Gasteiger partial charge in [-0.2, -0.15) is 5.10 Å². The Balaban J connectivity index is 1.51. The predicted octanol–water partition coefficient (Wildman–Crippen LogP) is 1.48. The van der Waals surface area contributed by atoms with E-state index in [9.17, 15) is 0 Å². The first-order valence-corrected chi connectivity index (χ1v) is 7.39. The Kier molecular flexibility index (Phi) is 4.11. The highest BCUT2D eigenvalue weighted by molar-refractivity contribution is 5.04. The Bertz CT molecular complexity index is 537. The Labute approximate surface area is 119 Å². The first-order valence-electron chi connectivity index (χ1n) is 7.39. The minimum atomic E-state index is 0.659. The summed E-state index contributed by atoms with van der Waals surface area (Å²) in [7, 11) is 1.92. The van der Waals surface area contributed by atoms with Crippen molar-refractivity contribution in [3.8, 4) is 0 Å². The molecule has 0 saturated heterocycles. The molecule has 6 heteroatoms. The molecule has 1 aliphatic carbocycles. The van der Waals surface area contributed by atoms with E-state index in [1.54, 1.807) is 4.68 Å². The Hall–Kier alpha value is -1.69. The van der Waals surface area contributed by atoms with Crippen LogP contribution in [0.1, 0.15) is 43.4 Å². The Morgan fingerprint density at radius 2 is 2.10 bits per heavy atom. The molecule has 0 amide bonds. The maximum atomic E-state index is 4.23. The molecule has 2 heterocycles. The molecule has 0 unspecified atom stereocenters. The normalized spacial score (nSPS) is 16.6. The van der Waals surface area contributed by atoms with E-state index in [4.69, 9.17) is 0 Å². The van der Waals surface area contributed by atoms with Gasteiger partial charge in [-0.3, -0.25) is 4.68 Å². The summed E-state index contributed by atoms with van der Waals surface area (Å²) < 4.78 is 3.67. The van der Waals surface area contributed by atoms with E-state index in [0.717, 1.165) is 24.3 Å². The quantitative estimate of drug-likeness (QED) is 0.897. The molecule has 0 radical (unpaired) electrons. The van der Waals surface area contributed by atoms with Crippen LogP contribution in [0.15, 0.2) is 18.6 Å². The summed E-state index contributed by atoms with van der Waals surface area (Å²) in [6, 6.07) is 0.659. The van der Waals surface area contributed by atoms with Crippen LogP contribution in [0.25, 0.3) is 0 Å². The van der Waals surface area contributed by atoms with E-state index in [-0.39, 0.29) is 0 Å². The third-order valence-corrected chi connectivity index (χ3v) is 3.87. The molecular formula is C14H22N6. The lowest BCUT2D eigenvalue weighted by Gasteiger charge is -2.22. The summed E-state index contributed by atoms with van der Waals surface area (Å²) >= 11 is 0. The second-order valence-corrected chi connectivity index (χ2v) is 5.65. The highest BCUT2D eigenvalue weighted by atomic mass is 15.4. The van der Waals surface area contributed by atoms with E-state index in [1.807, 2.05) is 30.3 Å². The summed E-state index contributed by atoms with van der Waals surface area (Å²) in [6.45, 7) is 1.54. The molecule has 108 valence electrons. The fraction of sp³-hybridized carbons (Fsp3) is 0.643. The molecule has 3 rings (SSSR count). The van der Waals surface area contributed by atoms with Crippen molar-refractivity contribution in [3.63, 3.8) is 0 Å². The molecule has 20 heavy (non-hydrogen) atoms. The number of nitrogens with one attached hydrogen (secondary N) is 1. The van der Waals surface area contributed by atoms with E-state index in [0.29, 0.717) is 6.04 Å². The van der Waals surface area contributed by atoms with Gasteiger partial charge in [-0.15, -0.1) is 5.10 Å². The molecule has 1 fully saturated rings. The van der Waals surface area contributed by atoms with Crippen LogP contribution in [0.4, 0.5) is 0 Å². The van der Waals surface area contributed by atoms with Gasteiger partial charge >= 0.3 is 0 Å². The van der Waals surface area contributed by atoms with Crippen molar-refractivity contribution in [1.82, 2.24) is 30.1 Å². The molecule has 2 aromatic heterocycles. The van der Waals surface area contributed by atoms with Crippen molar-refractivity contribution >= 4 is 0 Å². The fourth-order valence-corrected chi connectivity index (χ4v) is 2.79. The van der Waals surface area contributed by atoms with Gasteiger partial charge in [0.1, 0.15) is 0 Å². The molecule has 6 nitrogen and oxygen atoms in total. The lowest BCUT2D eigenvalue weighted by Crippen LogP contribution is -2.30. The SMILES string of the molecule is Cn1cc(Cn2cc(CNC3CCCCC3)nn2)cn1. The van der Waals surface area contributed by atoms with Crippen molar-refractivity contribution in [1.29, 1.82) is 0 Å². The molecule has 0 spiro atoms. The van der Waals surface area contributed by atoms with Crippen LogP contribution in [-0.2, 0) is 20.1 Å². The summed E-state index contributed by atoms with van der Waals surface area (Å²) in [5, 5.41) is 16.1. The van der Waals surface area contributed by atoms with Gasteiger partial charge in [-0.25, -0.2) is 4.68 Å².